The quantitative estimate of drug-likeness (QED) is 0.674. The molecule has 1 aromatic rings. The van der Waals surface area contributed by atoms with E-state index in [1.807, 2.05) is 6.92 Å². The number of pyridine rings is 1. The van der Waals surface area contributed by atoms with E-state index in [0.29, 0.717) is 5.92 Å². The smallest absolute Gasteiger partial charge is 0.0536 e. The van der Waals surface area contributed by atoms with Crippen molar-refractivity contribution in [2.75, 3.05) is 18.8 Å². The van der Waals surface area contributed by atoms with Gasteiger partial charge in [-0.2, -0.15) is 0 Å². The molecule has 1 aliphatic heterocycles. The highest BCUT2D eigenvalue weighted by Crippen LogP contribution is 2.26. The van der Waals surface area contributed by atoms with Crippen molar-refractivity contribution in [3.8, 4) is 0 Å². The molecule has 0 spiro atoms. The van der Waals surface area contributed by atoms with Crippen molar-refractivity contribution in [1.29, 1.82) is 0 Å². The average molecular weight is 177 g/mol. The highest BCUT2D eigenvalue weighted by atomic mass is 14.9. The van der Waals surface area contributed by atoms with Gasteiger partial charge in [0.15, 0.2) is 0 Å². The van der Waals surface area contributed by atoms with Crippen molar-refractivity contribution >= 4 is 5.69 Å². The van der Waals surface area contributed by atoms with E-state index in [2.05, 4.69) is 16.4 Å². The Morgan fingerprint density at radius 2 is 2.46 bits per heavy atom. The Kier molecular flexibility index (Phi) is 2.19. The Bertz CT molecular complexity index is 303. The molecule has 1 atom stereocenters. The fourth-order valence-corrected chi connectivity index (χ4v) is 1.87. The van der Waals surface area contributed by atoms with E-state index in [-0.39, 0.29) is 0 Å². The number of rotatable bonds is 1. The van der Waals surface area contributed by atoms with Gasteiger partial charge >= 0.3 is 0 Å². The summed E-state index contributed by atoms with van der Waals surface area (Å²) in [5.41, 5.74) is 9.03. The lowest BCUT2D eigenvalue weighted by Gasteiger charge is -2.11. The lowest BCUT2D eigenvalue weighted by molar-refractivity contribution is 0.762. The molecule has 70 valence electrons. The highest BCUT2D eigenvalue weighted by molar-refractivity contribution is 5.47. The standard InChI is InChI=1S/C10H15N3/c1-7-4-9(10(11)6-13-7)8-2-3-12-5-8/h4,6,8,12H,2-3,5,11H2,1H3. The number of hydrogen-bond donors (Lipinski definition) is 2. The maximum Gasteiger partial charge on any atom is 0.0536 e. The second-order valence-corrected chi connectivity index (χ2v) is 3.64. The summed E-state index contributed by atoms with van der Waals surface area (Å²) in [4.78, 5) is 4.17. The zero-order valence-electron chi connectivity index (χ0n) is 7.88. The van der Waals surface area contributed by atoms with Crippen LogP contribution in [-0.4, -0.2) is 18.1 Å². The van der Waals surface area contributed by atoms with Crippen molar-refractivity contribution in [3.63, 3.8) is 0 Å². The van der Waals surface area contributed by atoms with Gasteiger partial charge in [0.2, 0.25) is 0 Å². The molecule has 2 heterocycles. The van der Waals surface area contributed by atoms with Crippen molar-refractivity contribution in [3.05, 3.63) is 23.5 Å². The van der Waals surface area contributed by atoms with Gasteiger partial charge < -0.3 is 11.1 Å². The molecular formula is C10H15N3. The summed E-state index contributed by atoms with van der Waals surface area (Å²) < 4.78 is 0. The summed E-state index contributed by atoms with van der Waals surface area (Å²) in [5.74, 6) is 0.585. The van der Waals surface area contributed by atoms with Crippen molar-refractivity contribution < 1.29 is 0 Å². The van der Waals surface area contributed by atoms with E-state index in [0.717, 1.165) is 24.5 Å². The van der Waals surface area contributed by atoms with Crippen molar-refractivity contribution in [2.45, 2.75) is 19.3 Å². The first-order valence-corrected chi connectivity index (χ1v) is 4.70. The third-order valence-electron chi connectivity index (χ3n) is 2.61. The van der Waals surface area contributed by atoms with Gasteiger partial charge in [-0.05, 0) is 37.4 Å². The van der Waals surface area contributed by atoms with Gasteiger partial charge in [-0.25, -0.2) is 0 Å². The van der Waals surface area contributed by atoms with Crippen molar-refractivity contribution in [1.82, 2.24) is 10.3 Å². The van der Waals surface area contributed by atoms with Crippen LogP contribution in [0.1, 0.15) is 23.6 Å². The van der Waals surface area contributed by atoms with E-state index in [4.69, 9.17) is 5.73 Å². The van der Waals surface area contributed by atoms with Crippen LogP contribution in [-0.2, 0) is 0 Å². The molecule has 1 aliphatic rings. The monoisotopic (exact) mass is 177 g/mol. The predicted octanol–water partition coefficient (Wildman–Crippen LogP) is 1.05. The van der Waals surface area contributed by atoms with Gasteiger partial charge in [0.25, 0.3) is 0 Å². The lowest BCUT2D eigenvalue weighted by Crippen LogP contribution is -2.09. The minimum atomic E-state index is 0.585. The molecule has 0 aliphatic carbocycles. The maximum absolute atomic E-state index is 5.88. The Balaban J connectivity index is 2.32. The molecule has 1 unspecified atom stereocenters. The molecule has 1 aromatic heterocycles. The van der Waals surface area contributed by atoms with E-state index in [9.17, 15) is 0 Å². The fourth-order valence-electron chi connectivity index (χ4n) is 1.87. The summed E-state index contributed by atoms with van der Waals surface area (Å²) >= 11 is 0. The maximum atomic E-state index is 5.88. The van der Waals surface area contributed by atoms with Crippen LogP contribution in [0.25, 0.3) is 0 Å². The topological polar surface area (TPSA) is 50.9 Å². The molecule has 0 amide bonds. The molecule has 0 radical (unpaired) electrons. The van der Waals surface area contributed by atoms with Crippen LogP contribution in [0.5, 0.6) is 0 Å². The molecule has 1 fully saturated rings. The van der Waals surface area contributed by atoms with E-state index < -0.39 is 0 Å². The zero-order valence-corrected chi connectivity index (χ0v) is 7.88. The first-order valence-electron chi connectivity index (χ1n) is 4.70. The van der Waals surface area contributed by atoms with Crippen LogP contribution in [0.3, 0.4) is 0 Å². The van der Waals surface area contributed by atoms with Crippen LogP contribution in [0, 0.1) is 6.92 Å². The van der Waals surface area contributed by atoms with Crippen LogP contribution in [0.4, 0.5) is 5.69 Å². The molecule has 0 saturated carbocycles. The van der Waals surface area contributed by atoms with E-state index in [1.165, 1.54) is 12.0 Å². The summed E-state index contributed by atoms with van der Waals surface area (Å²) in [6, 6.07) is 2.10. The Morgan fingerprint density at radius 3 is 3.15 bits per heavy atom. The number of aromatic nitrogens is 1. The average Bonchev–Trinajstić information content (AvgIpc) is 2.61. The van der Waals surface area contributed by atoms with Crippen LogP contribution in [0.2, 0.25) is 0 Å². The largest absolute Gasteiger partial charge is 0.397 e. The number of nitrogen functional groups attached to an aromatic ring is 1. The van der Waals surface area contributed by atoms with E-state index >= 15 is 0 Å². The second-order valence-electron chi connectivity index (χ2n) is 3.64. The molecule has 3 nitrogen and oxygen atoms in total. The normalized spacial score (nSPS) is 22.1. The number of aryl methyl sites for hydroxylation is 1. The number of nitrogens with two attached hydrogens (primary N) is 1. The number of nitrogens with zero attached hydrogens (tertiary/aromatic N) is 1. The summed E-state index contributed by atoms with van der Waals surface area (Å²) in [7, 11) is 0. The second kappa shape index (κ2) is 3.34. The lowest BCUT2D eigenvalue weighted by atomic mass is 9.97. The predicted molar refractivity (Wildman–Crippen MR) is 53.6 cm³/mol. The molecule has 13 heavy (non-hydrogen) atoms. The third kappa shape index (κ3) is 1.65. The zero-order chi connectivity index (χ0) is 9.26. The summed E-state index contributed by atoms with van der Waals surface area (Å²) in [5, 5.41) is 3.34. The Labute approximate surface area is 78.4 Å². The number of nitrogens with one attached hydrogen (secondary N) is 1. The SMILES string of the molecule is Cc1cc(C2CCNC2)c(N)cn1. The summed E-state index contributed by atoms with van der Waals surface area (Å²) in [6.07, 6.45) is 2.96. The number of hydrogen-bond acceptors (Lipinski definition) is 3. The van der Waals surface area contributed by atoms with Gasteiger partial charge in [-0.15, -0.1) is 0 Å². The molecule has 1 saturated heterocycles. The molecule has 3 N–H and O–H groups in total. The molecule has 3 heteroatoms. The van der Waals surface area contributed by atoms with Gasteiger partial charge in [0.05, 0.1) is 11.9 Å². The number of anilines is 1. The molecule has 0 bridgehead atoms. The van der Waals surface area contributed by atoms with Crippen molar-refractivity contribution in [2.24, 2.45) is 0 Å². The van der Waals surface area contributed by atoms with Crippen LogP contribution < -0.4 is 11.1 Å². The third-order valence-corrected chi connectivity index (χ3v) is 2.61. The summed E-state index contributed by atoms with van der Waals surface area (Å²) in [6.45, 7) is 4.16. The highest BCUT2D eigenvalue weighted by Gasteiger charge is 2.18. The van der Waals surface area contributed by atoms with Crippen LogP contribution in [0.15, 0.2) is 12.3 Å². The first kappa shape index (κ1) is 8.51. The van der Waals surface area contributed by atoms with Gasteiger partial charge in [0, 0.05) is 12.2 Å². The molecule has 0 aromatic carbocycles. The Hall–Kier alpha value is -1.09. The molecular weight excluding hydrogens is 162 g/mol. The van der Waals surface area contributed by atoms with Crippen LogP contribution >= 0.6 is 0 Å². The van der Waals surface area contributed by atoms with Gasteiger partial charge in [-0.1, -0.05) is 0 Å². The van der Waals surface area contributed by atoms with Gasteiger partial charge in [0.1, 0.15) is 0 Å². The van der Waals surface area contributed by atoms with E-state index in [1.54, 1.807) is 6.20 Å². The minimum Gasteiger partial charge on any atom is -0.397 e. The minimum absolute atomic E-state index is 0.585. The molecule has 2 rings (SSSR count). The van der Waals surface area contributed by atoms with Gasteiger partial charge in [-0.3, -0.25) is 4.98 Å². The first-order chi connectivity index (χ1) is 6.27. The Morgan fingerprint density at radius 1 is 1.62 bits per heavy atom. The fraction of sp³-hybridized carbons (Fsp3) is 0.500.